The number of imide groups is 1. The van der Waals surface area contributed by atoms with Gasteiger partial charge in [0, 0.05) is 11.8 Å². The summed E-state index contributed by atoms with van der Waals surface area (Å²) in [6.07, 6.45) is 1.56. The number of anilines is 1. The Bertz CT molecular complexity index is 1010. The first kappa shape index (κ1) is 18.8. The number of hydrogen-bond donors (Lipinski definition) is 2. The lowest BCUT2D eigenvalue weighted by Gasteiger charge is -2.19. The maximum Gasteiger partial charge on any atom is 0.325 e. The van der Waals surface area contributed by atoms with Crippen LogP contribution in [-0.2, 0) is 11.3 Å². The average molecular weight is 416 g/mol. The topological polar surface area (TPSA) is 133 Å². The molecule has 3 aromatic rings. The Balaban J connectivity index is 1.27. The molecule has 0 saturated heterocycles. The number of rotatable bonds is 6. The van der Waals surface area contributed by atoms with Crippen molar-refractivity contribution in [2.24, 2.45) is 0 Å². The zero-order chi connectivity index (χ0) is 20.1. The number of furan rings is 1. The second-order valence-electron chi connectivity index (χ2n) is 5.85. The quantitative estimate of drug-likeness (QED) is 0.574. The highest BCUT2D eigenvalue weighted by Crippen LogP contribution is 2.32. The van der Waals surface area contributed by atoms with Crippen molar-refractivity contribution >= 4 is 29.4 Å². The molecule has 0 unspecified atom stereocenters. The predicted molar refractivity (Wildman–Crippen MR) is 101 cm³/mol. The minimum atomic E-state index is -0.651. The normalized spacial score (nSPS) is 12.4. The second-order valence-corrected chi connectivity index (χ2v) is 6.79. The van der Waals surface area contributed by atoms with Crippen LogP contribution in [0.2, 0.25) is 0 Å². The largest absolute Gasteiger partial charge is 0.486 e. The number of thioether (sulfide) groups is 1. The van der Waals surface area contributed by atoms with Crippen LogP contribution in [0.1, 0.15) is 5.76 Å². The van der Waals surface area contributed by atoms with Gasteiger partial charge >= 0.3 is 6.03 Å². The molecule has 0 aliphatic carbocycles. The van der Waals surface area contributed by atoms with Gasteiger partial charge in [-0.25, -0.2) is 9.48 Å². The van der Waals surface area contributed by atoms with Crippen molar-refractivity contribution in [1.82, 2.24) is 25.5 Å². The van der Waals surface area contributed by atoms with Gasteiger partial charge in [0.1, 0.15) is 25.5 Å². The number of nitrogens with one attached hydrogen (secondary N) is 2. The van der Waals surface area contributed by atoms with Crippen molar-refractivity contribution in [3.05, 3.63) is 42.4 Å². The van der Waals surface area contributed by atoms with Crippen LogP contribution in [0.3, 0.4) is 0 Å². The van der Waals surface area contributed by atoms with Gasteiger partial charge in [-0.15, -0.1) is 5.10 Å². The van der Waals surface area contributed by atoms with Gasteiger partial charge in [0.15, 0.2) is 11.5 Å². The molecular formula is C17H16N6O5S. The highest BCUT2D eigenvalue weighted by Gasteiger charge is 2.15. The Morgan fingerprint density at radius 3 is 2.86 bits per heavy atom. The van der Waals surface area contributed by atoms with E-state index >= 15 is 0 Å². The van der Waals surface area contributed by atoms with Gasteiger partial charge in [0.2, 0.25) is 11.1 Å². The number of carbonyl (C=O) groups is 2. The van der Waals surface area contributed by atoms with E-state index in [1.54, 1.807) is 36.6 Å². The molecule has 3 heterocycles. The third kappa shape index (κ3) is 4.85. The molecule has 0 radical (unpaired) electrons. The third-order valence-corrected chi connectivity index (χ3v) is 4.73. The highest BCUT2D eigenvalue weighted by molar-refractivity contribution is 7.99. The lowest BCUT2D eigenvalue weighted by atomic mass is 10.2. The summed E-state index contributed by atoms with van der Waals surface area (Å²) in [7, 11) is 0. The SMILES string of the molecule is O=C(CSc1nnnn1Cc1ccco1)NC(=O)Nc1ccc2c(c1)OCCO2. The molecule has 0 atom stereocenters. The van der Waals surface area contributed by atoms with Gasteiger partial charge in [-0.3, -0.25) is 10.1 Å². The van der Waals surface area contributed by atoms with E-state index in [0.717, 1.165) is 11.8 Å². The van der Waals surface area contributed by atoms with E-state index in [1.807, 2.05) is 0 Å². The Morgan fingerprint density at radius 2 is 2.03 bits per heavy atom. The van der Waals surface area contributed by atoms with Gasteiger partial charge in [-0.2, -0.15) is 0 Å². The fourth-order valence-electron chi connectivity index (χ4n) is 2.53. The monoisotopic (exact) mass is 416 g/mol. The summed E-state index contributed by atoms with van der Waals surface area (Å²) >= 11 is 1.11. The predicted octanol–water partition coefficient (Wildman–Crippen LogP) is 1.53. The summed E-state index contributed by atoms with van der Waals surface area (Å²) in [5, 5.41) is 16.6. The van der Waals surface area contributed by atoms with Crippen molar-refractivity contribution in [3.8, 4) is 11.5 Å². The summed E-state index contributed by atoms with van der Waals surface area (Å²) in [6.45, 7) is 1.27. The number of nitrogens with zero attached hydrogens (tertiary/aromatic N) is 4. The molecule has 11 nitrogen and oxygen atoms in total. The van der Waals surface area contributed by atoms with Gasteiger partial charge in [0.05, 0.1) is 12.0 Å². The number of amides is 3. The molecule has 1 aliphatic rings. The number of urea groups is 1. The molecule has 2 aromatic heterocycles. The van der Waals surface area contributed by atoms with Crippen LogP contribution < -0.4 is 20.1 Å². The second kappa shape index (κ2) is 8.65. The van der Waals surface area contributed by atoms with Crippen molar-refractivity contribution in [2.75, 3.05) is 24.3 Å². The fraction of sp³-hybridized carbons (Fsp3) is 0.235. The zero-order valence-corrected chi connectivity index (χ0v) is 15.8. The summed E-state index contributed by atoms with van der Waals surface area (Å²) in [4.78, 5) is 24.1. The molecule has 4 rings (SSSR count). The number of fused-ring (bicyclic) bond motifs is 1. The van der Waals surface area contributed by atoms with Crippen molar-refractivity contribution in [3.63, 3.8) is 0 Å². The third-order valence-electron chi connectivity index (χ3n) is 3.77. The molecule has 3 amide bonds. The van der Waals surface area contributed by atoms with Crippen LogP contribution in [0.15, 0.2) is 46.2 Å². The van der Waals surface area contributed by atoms with Gasteiger partial charge in [0.25, 0.3) is 0 Å². The van der Waals surface area contributed by atoms with Crippen LogP contribution >= 0.6 is 11.8 Å². The standard InChI is InChI=1S/C17H16N6O5S/c24-15(10-29-17-20-21-22-23(17)9-12-2-1-5-26-12)19-16(25)18-11-3-4-13-14(8-11)28-7-6-27-13/h1-5,8H,6-7,9-10H2,(H2,18,19,24,25). The number of carbonyl (C=O) groups excluding carboxylic acids is 2. The molecule has 150 valence electrons. The molecule has 0 bridgehead atoms. The van der Waals surface area contributed by atoms with Crippen LogP contribution in [-0.4, -0.2) is 51.1 Å². The molecule has 29 heavy (non-hydrogen) atoms. The average Bonchev–Trinajstić information content (AvgIpc) is 3.38. The summed E-state index contributed by atoms with van der Waals surface area (Å²) in [5.74, 6) is 1.31. The molecule has 0 spiro atoms. The maximum atomic E-state index is 12.1. The Morgan fingerprint density at radius 1 is 1.17 bits per heavy atom. The molecule has 2 N–H and O–H groups in total. The van der Waals surface area contributed by atoms with E-state index in [4.69, 9.17) is 13.9 Å². The number of ether oxygens (including phenoxy) is 2. The summed E-state index contributed by atoms with van der Waals surface area (Å²) < 4.78 is 17.6. The number of tetrazole rings is 1. The number of benzene rings is 1. The van der Waals surface area contributed by atoms with Crippen molar-refractivity contribution < 1.29 is 23.5 Å². The Kier molecular flexibility index (Phi) is 5.61. The van der Waals surface area contributed by atoms with E-state index in [-0.39, 0.29) is 5.75 Å². The molecule has 0 fully saturated rings. The van der Waals surface area contributed by atoms with Gasteiger partial charge < -0.3 is 19.2 Å². The first-order valence-electron chi connectivity index (χ1n) is 8.59. The number of hydrogen-bond acceptors (Lipinski definition) is 9. The Labute approximate surface area is 168 Å². The molecule has 1 aromatic carbocycles. The fourth-order valence-corrected chi connectivity index (χ4v) is 3.20. The van der Waals surface area contributed by atoms with E-state index in [1.165, 1.54) is 4.68 Å². The lowest BCUT2D eigenvalue weighted by Crippen LogP contribution is -2.35. The minimum Gasteiger partial charge on any atom is -0.486 e. The Hall–Kier alpha value is -3.54. The van der Waals surface area contributed by atoms with Crippen molar-refractivity contribution in [2.45, 2.75) is 11.7 Å². The van der Waals surface area contributed by atoms with E-state index in [2.05, 4.69) is 26.2 Å². The summed E-state index contributed by atoms with van der Waals surface area (Å²) in [5.41, 5.74) is 0.481. The van der Waals surface area contributed by atoms with E-state index in [9.17, 15) is 9.59 Å². The first-order valence-corrected chi connectivity index (χ1v) is 9.58. The summed E-state index contributed by atoms with van der Waals surface area (Å²) in [6, 6.07) is 7.90. The first-order chi connectivity index (χ1) is 14.2. The lowest BCUT2D eigenvalue weighted by molar-refractivity contribution is -0.117. The molecule has 0 saturated carbocycles. The van der Waals surface area contributed by atoms with E-state index in [0.29, 0.717) is 47.9 Å². The van der Waals surface area contributed by atoms with E-state index < -0.39 is 11.9 Å². The molecular weight excluding hydrogens is 400 g/mol. The highest BCUT2D eigenvalue weighted by atomic mass is 32.2. The van der Waals surface area contributed by atoms with Crippen LogP contribution in [0.4, 0.5) is 10.5 Å². The smallest absolute Gasteiger partial charge is 0.325 e. The molecule has 1 aliphatic heterocycles. The zero-order valence-electron chi connectivity index (χ0n) is 15.0. The van der Waals surface area contributed by atoms with Gasteiger partial charge in [-0.1, -0.05) is 11.8 Å². The maximum absolute atomic E-state index is 12.1. The molecule has 12 heteroatoms. The van der Waals surface area contributed by atoms with Crippen molar-refractivity contribution in [1.29, 1.82) is 0 Å². The van der Waals surface area contributed by atoms with Crippen LogP contribution in [0, 0.1) is 0 Å². The minimum absolute atomic E-state index is 0.0346. The van der Waals surface area contributed by atoms with Crippen LogP contribution in [0.25, 0.3) is 0 Å². The van der Waals surface area contributed by atoms with Crippen LogP contribution in [0.5, 0.6) is 11.5 Å². The number of aromatic nitrogens is 4. The van der Waals surface area contributed by atoms with Gasteiger partial charge in [-0.05, 0) is 34.7 Å².